The van der Waals surface area contributed by atoms with Crippen molar-refractivity contribution in [1.82, 2.24) is 4.98 Å². The van der Waals surface area contributed by atoms with E-state index in [2.05, 4.69) is 4.98 Å². The lowest BCUT2D eigenvalue weighted by atomic mass is 9.86. The summed E-state index contributed by atoms with van der Waals surface area (Å²) in [6, 6.07) is 1.78. The fourth-order valence-corrected chi connectivity index (χ4v) is 4.02. The molecule has 110 valence electrons. The number of carboxylic acids is 1. The molecule has 0 amide bonds. The molecule has 0 radical (unpaired) electrons. The van der Waals surface area contributed by atoms with E-state index in [9.17, 15) is 15.0 Å². The number of aryl methyl sites for hydroxylation is 2. The minimum absolute atomic E-state index is 0.264. The van der Waals surface area contributed by atoms with Crippen LogP contribution in [0.25, 0.3) is 0 Å². The van der Waals surface area contributed by atoms with Gasteiger partial charge in [0.2, 0.25) is 0 Å². The number of hydrogen-bond acceptors (Lipinski definition) is 4. The van der Waals surface area contributed by atoms with E-state index in [1.165, 1.54) is 18.2 Å². The second kappa shape index (κ2) is 6.14. The Balaban J connectivity index is 2.18. The molecule has 1 heterocycles. The number of aromatic carboxylic acids is 1. The standard InChI is InChI=1S/C15H21NO3S/c1-10-8-11(2)16-13(12(10)14(17)18)20-9-15(19)6-4-3-5-7-15/h8,19H,3-7,9H2,1-2H3,(H,17,18). The van der Waals surface area contributed by atoms with Gasteiger partial charge < -0.3 is 10.2 Å². The molecule has 5 heteroatoms. The van der Waals surface area contributed by atoms with Crippen LogP contribution in [0.1, 0.15) is 53.7 Å². The Morgan fingerprint density at radius 3 is 2.60 bits per heavy atom. The zero-order valence-electron chi connectivity index (χ0n) is 12.0. The molecule has 0 unspecified atom stereocenters. The van der Waals surface area contributed by atoms with E-state index < -0.39 is 11.6 Å². The highest BCUT2D eigenvalue weighted by atomic mass is 32.2. The van der Waals surface area contributed by atoms with Crippen molar-refractivity contribution >= 4 is 17.7 Å². The Morgan fingerprint density at radius 1 is 1.35 bits per heavy atom. The normalized spacial score (nSPS) is 17.9. The van der Waals surface area contributed by atoms with Crippen molar-refractivity contribution in [3.63, 3.8) is 0 Å². The summed E-state index contributed by atoms with van der Waals surface area (Å²) in [5.41, 5.74) is 1.13. The van der Waals surface area contributed by atoms with Gasteiger partial charge in [-0.3, -0.25) is 0 Å². The summed E-state index contributed by atoms with van der Waals surface area (Å²) in [4.78, 5) is 15.7. The fraction of sp³-hybridized carbons (Fsp3) is 0.600. The molecule has 4 nitrogen and oxygen atoms in total. The van der Waals surface area contributed by atoms with Crippen LogP contribution in [0.15, 0.2) is 11.1 Å². The van der Waals surface area contributed by atoms with Crippen molar-refractivity contribution in [3.8, 4) is 0 Å². The molecular weight excluding hydrogens is 274 g/mol. The van der Waals surface area contributed by atoms with Gasteiger partial charge in [-0.25, -0.2) is 9.78 Å². The van der Waals surface area contributed by atoms with Crippen molar-refractivity contribution in [2.24, 2.45) is 0 Å². The Kier molecular flexibility index (Phi) is 4.70. The van der Waals surface area contributed by atoms with Crippen molar-refractivity contribution in [2.75, 3.05) is 5.75 Å². The molecule has 1 aliphatic carbocycles. The number of carbonyl (C=O) groups is 1. The lowest BCUT2D eigenvalue weighted by Crippen LogP contribution is -2.34. The van der Waals surface area contributed by atoms with Gasteiger partial charge >= 0.3 is 5.97 Å². The first-order valence-electron chi connectivity index (χ1n) is 6.98. The van der Waals surface area contributed by atoms with Gasteiger partial charge in [-0.05, 0) is 38.3 Å². The fourth-order valence-electron chi connectivity index (χ4n) is 2.72. The quantitative estimate of drug-likeness (QED) is 0.835. The maximum absolute atomic E-state index is 11.4. The molecular formula is C15H21NO3S. The largest absolute Gasteiger partial charge is 0.478 e. The average Bonchev–Trinajstić information content (AvgIpc) is 2.36. The zero-order chi connectivity index (χ0) is 14.8. The summed E-state index contributed by atoms with van der Waals surface area (Å²) in [5.74, 6) is -0.434. The number of rotatable bonds is 4. The monoisotopic (exact) mass is 295 g/mol. The van der Waals surface area contributed by atoms with Crippen molar-refractivity contribution < 1.29 is 15.0 Å². The number of pyridine rings is 1. The SMILES string of the molecule is Cc1cc(C)c(C(=O)O)c(SCC2(O)CCCCC2)n1. The van der Waals surface area contributed by atoms with Gasteiger partial charge in [-0.1, -0.05) is 19.3 Å². The summed E-state index contributed by atoms with van der Waals surface area (Å²) in [5, 5.41) is 20.3. The molecule has 0 saturated heterocycles. The number of aromatic nitrogens is 1. The molecule has 0 aliphatic heterocycles. The van der Waals surface area contributed by atoms with Crippen LogP contribution in [-0.4, -0.2) is 32.5 Å². The minimum Gasteiger partial charge on any atom is -0.478 e. The Labute approximate surface area is 123 Å². The van der Waals surface area contributed by atoms with Gasteiger partial charge in [-0.2, -0.15) is 0 Å². The van der Waals surface area contributed by atoms with E-state index in [0.29, 0.717) is 10.8 Å². The number of nitrogens with zero attached hydrogens (tertiary/aromatic N) is 1. The third kappa shape index (κ3) is 3.52. The second-order valence-corrected chi connectivity index (χ2v) is 6.60. The van der Waals surface area contributed by atoms with E-state index in [1.54, 1.807) is 13.0 Å². The van der Waals surface area contributed by atoms with Crippen molar-refractivity contribution in [1.29, 1.82) is 0 Å². The molecule has 20 heavy (non-hydrogen) atoms. The van der Waals surface area contributed by atoms with Crippen LogP contribution in [0.2, 0.25) is 0 Å². The van der Waals surface area contributed by atoms with E-state index in [4.69, 9.17) is 0 Å². The molecule has 0 bridgehead atoms. The Bertz CT molecular complexity index is 510. The highest BCUT2D eigenvalue weighted by molar-refractivity contribution is 7.99. The van der Waals surface area contributed by atoms with Gasteiger partial charge in [0.05, 0.1) is 11.2 Å². The van der Waals surface area contributed by atoms with E-state index >= 15 is 0 Å². The predicted molar refractivity (Wildman–Crippen MR) is 79.4 cm³/mol. The second-order valence-electron chi connectivity index (χ2n) is 5.64. The maximum atomic E-state index is 11.4. The lowest BCUT2D eigenvalue weighted by Gasteiger charge is -2.31. The number of thioether (sulfide) groups is 1. The first kappa shape index (κ1) is 15.3. The Hall–Kier alpha value is -1.07. The molecule has 0 atom stereocenters. The van der Waals surface area contributed by atoms with Gasteiger partial charge in [0.15, 0.2) is 0 Å². The zero-order valence-corrected chi connectivity index (χ0v) is 12.8. The first-order chi connectivity index (χ1) is 9.41. The first-order valence-corrected chi connectivity index (χ1v) is 7.96. The average molecular weight is 295 g/mol. The summed E-state index contributed by atoms with van der Waals surface area (Å²) in [6.07, 6.45) is 4.86. The number of hydrogen-bond donors (Lipinski definition) is 2. The van der Waals surface area contributed by atoms with Crippen LogP contribution in [0.5, 0.6) is 0 Å². The maximum Gasteiger partial charge on any atom is 0.338 e. The number of carboxylic acid groups (broad SMARTS) is 1. The molecule has 0 spiro atoms. The minimum atomic E-state index is -0.951. The van der Waals surface area contributed by atoms with Crippen LogP contribution in [0.4, 0.5) is 0 Å². The van der Waals surface area contributed by atoms with Crippen LogP contribution >= 0.6 is 11.8 Å². The molecule has 1 aromatic rings. The topological polar surface area (TPSA) is 70.4 Å². The predicted octanol–water partition coefficient (Wildman–Crippen LogP) is 3.18. The molecule has 2 N–H and O–H groups in total. The van der Waals surface area contributed by atoms with Crippen molar-refractivity contribution in [2.45, 2.75) is 56.6 Å². The van der Waals surface area contributed by atoms with Gasteiger partial charge in [0, 0.05) is 11.4 Å². The summed E-state index contributed by atoms with van der Waals surface area (Å²) < 4.78 is 0. The van der Waals surface area contributed by atoms with E-state index in [0.717, 1.165) is 36.9 Å². The van der Waals surface area contributed by atoms with Crippen LogP contribution in [0, 0.1) is 13.8 Å². The van der Waals surface area contributed by atoms with Gasteiger partial charge in [0.1, 0.15) is 5.03 Å². The molecule has 2 rings (SSSR count). The molecule has 1 aliphatic rings. The lowest BCUT2D eigenvalue weighted by molar-refractivity contribution is 0.0272. The number of aliphatic hydroxyl groups is 1. The van der Waals surface area contributed by atoms with Gasteiger partial charge in [0.25, 0.3) is 0 Å². The highest BCUT2D eigenvalue weighted by Crippen LogP contribution is 2.34. The van der Waals surface area contributed by atoms with E-state index in [-0.39, 0.29) is 5.56 Å². The summed E-state index contributed by atoms with van der Waals surface area (Å²) in [7, 11) is 0. The van der Waals surface area contributed by atoms with E-state index in [1.807, 2.05) is 6.92 Å². The van der Waals surface area contributed by atoms with Crippen LogP contribution < -0.4 is 0 Å². The van der Waals surface area contributed by atoms with Crippen LogP contribution in [0.3, 0.4) is 0 Å². The molecule has 1 aromatic heterocycles. The van der Waals surface area contributed by atoms with Gasteiger partial charge in [-0.15, -0.1) is 11.8 Å². The molecule has 1 fully saturated rings. The summed E-state index contributed by atoms with van der Waals surface area (Å²) in [6.45, 7) is 3.65. The van der Waals surface area contributed by atoms with Crippen LogP contribution in [-0.2, 0) is 0 Å². The summed E-state index contributed by atoms with van der Waals surface area (Å²) >= 11 is 1.37. The van der Waals surface area contributed by atoms with Crippen molar-refractivity contribution in [3.05, 3.63) is 22.9 Å². The third-order valence-corrected chi connectivity index (χ3v) is 5.04. The molecule has 1 saturated carbocycles. The highest BCUT2D eigenvalue weighted by Gasteiger charge is 2.30. The third-order valence-electron chi connectivity index (χ3n) is 3.79. The molecule has 0 aromatic carbocycles. The smallest absolute Gasteiger partial charge is 0.338 e. The Morgan fingerprint density at radius 2 is 2.00 bits per heavy atom.